The van der Waals surface area contributed by atoms with Crippen LogP contribution in [0.25, 0.3) is 0 Å². The lowest BCUT2D eigenvalue weighted by Gasteiger charge is -2.17. The summed E-state index contributed by atoms with van der Waals surface area (Å²) in [7, 11) is -0.711. The zero-order valence-electron chi connectivity index (χ0n) is 11.2. The first-order valence-electron chi connectivity index (χ1n) is 5.80. The minimum atomic E-state index is -3.63. The molecule has 0 aliphatic heterocycles. The van der Waals surface area contributed by atoms with Gasteiger partial charge in [-0.25, -0.2) is 12.7 Å². The van der Waals surface area contributed by atoms with E-state index in [-0.39, 0.29) is 24.3 Å². The van der Waals surface area contributed by atoms with Crippen molar-refractivity contribution in [2.24, 2.45) is 0 Å². The standard InChI is InChI=1S/C12H16BrNO5S/c1-14(7-3-4-12(15)16)20(17,18)9-5-6-11(19-2)10(13)8-9/h5-6,8H,3-4,7H2,1-2H3,(H,15,16). The van der Waals surface area contributed by atoms with Gasteiger partial charge in [0.1, 0.15) is 5.75 Å². The number of benzene rings is 1. The Labute approximate surface area is 126 Å². The Morgan fingerprint density at radius 1 is 1.45 bits per heavy atom. The molecule has 0 heterocycles. The second-order valence-corrected chi connectivity index (χ2v) is 7.02. The van der Waals surface area contributed by atoms with E-state index in [1.54, 1.807) is 6.07 Å². The maximum absolute atomic E-state index is 12.3. The number of ether oxygens (including phenoxy) is 1. The second kappa shape index (κ2) is 7.05. The first kappa shape index (κ1) is 16.9. The normalized spacial score (nSPS) is 11.6. The summed E-state index contributed by atoms with van der Waals surface area (Å²) in [6.07, 6.45) is 0.203. The molecule has 8 heteroatoms. The van der Waals surface area contributed by atoms with E-state index in [9.17, 15) is 13.2 Å². The fourth-order valence-corrected chi connectivity index (χ4v) is 3.49. The monoisotopic (exact) mass is 365 g/mol. The number of hydrogen-bond donors (Lipinski definition) is 1. The van der Waals surface area contributed by atoms with E-state index in [1.165, 1.54) is 26.3 Å². The Bertz CT molecular complexity index is 588. The van der Waals surface area contributed by atoms with Crippen LogP contribution in [0.2, 0.25) is 0 Å². The maximum atomic E-state index is 12.3. The molecule has 0 bridgehead atoms. The summed E-state index contributed by atoms with van der Waals surface area (Å²) in [5, 5.41) is 8.55. The van der Waals surface area contributed by atoms with Crippen molar-refractivity contribution >= 4 is 31.9 Å². The van der Waals surface area contributed by atoms with Gasteiger partial charge in [-0.3, -0.25) is 4.79 Å². The number of rotatable bonds is 7. The van der Waals surface area contributed by atoms with Crippen LogP contribution in [0.15, 0.2) is 27.6 Å². The Morgan fingerprint density at radius 2 is 2.10 bits per heavy atom. The summed E-state index contributed by atoms with van der Waals surface area (Å²) in [5.74, 6) is -0.402. The van der Waals surface area contributed by atoms with Gasteiger partial charge in [0, 0.05) is 20.0 Å². The first-order chi connectivity index (χ1) is 9.28. The molecule has 20 heavy (non-hydrogen) atoms. The van der Waals surface area contributed by atoms with E-state index in [4.69, 9.17) is 9.84 Å². The van der Waals surface area contributed by atoms with Crippen molar-refractivity contribution in [2.45, 2.75) is 17.7 Å². The molecule has 1 rings (SSSR count). The Kier molecular flexibility index (Phi) is 5.97. The molecule has 0 saturated heterocycles. The van der Waals surface area contributed by atoms with Gasteiger partial charge in [-0.05, 0) is 40.5 Å². The molecule has 1 aromatic carbocycles. The molecule has 0 atom stereocenters. The lowest BCUT2D eigenvalue weighted by molar-refractivity contribution is -0.137. The van der Waals surface area contributed by atoms with Gasteiger partial charge in [0.25, 0.3) is 0 Å². The van der Waals surface area contributed by atoms with Crippen molar-refractivity contribution in [3.8, 4) is 5.75 Å². The van der Waals surface area contributed by atoms with E-state index in [1.807, 2.05) is 0 Å². The molecule has 0 unspecified atom stereocenters. The predicted octanol–water partition coefficient (Wildman–Crippen LogP) is 1.94. The molecule has 6 nitrogen and oxygen atoms in total. The average Bonchev–Trinajstić information content (AvgIpc) is 2.37. The Hall–Kier alpha value is -1.12. The Balaban J connectivity index is 2.87. The van der Waals surface area contributed by atoms with Gasteiger partial charge in [-0.1, -0.05) is 0 Å². The van der Waals surface area contributed by atoms with E-state index in [0.29, 0.717) is 10.2 Å². The quantitative estimate of drug-likeness (QED) is 0.797. The third kappa shape index (κ3) is 4.19. The molecule has 0 saturated carbocycles. The summed E-state index contributed by atoms with van der Waals surface area (Å²) < 4.78 is 31.3. The van der Waals surface area contributed by atoms with Gasteiger partial charge in [-0.2, -0.15) is 0 Å². The topological polar surface area (TPSA) is 83.9 Å². The molecular formula is C12H16BrNO5S. The van der Waals surface area contributed by atoms with Gasteiger partial charge in [0.15, 0.2) is 0 Å². The molecule has 0 amide bonds. The van der Waals surface area contributed by atoms with Crippen LogP contribution in [0.1, 0.15) is 12.8 Å². The number of sulfonamides is 1. The molecular weight excluding hydrogens is 350 g/mol. The highest BCUT2D eigenvalue weighted by Gasteiger charge is 2.21. The molecule has 0 radical (unpaired) electrons. The molecule has 0 spiro atoms. The molecule has 1 N–H and O–H groups in total. The smallest absolute Gasteiger partial charge is 0.303 e. The number of carboxylic acid groups (broad SMARTS) is 1. The van der Waals surface area contributed by atoms with Gasteiger partial charge in [-0.15, -0.1) is 0 Å². The number of methoxy groups -OCH3 is 1. The van der Waals surface area contributed by atoms with Crippen molar-refractivity contribution in [2.75, 3.05) is 20.7 Å². The van der Waals surface area contributed by atoms with Crippen LogP contribution in [-0.2, 0) is 14.8 Å². The number of hydrogen-bond acceptors (Lipinski definition) is 4. The van der Waals surface area contributed by atoms with E-state index < -0.39 is 16.0 Å². The number of carbonyl (C=O) groups is 1. The van der Waals surface area contributed by atoms with Crippen LogP contribution in [0.4, 0.5) is 0 Å². The molecule has 0 aliphatic carbocycles. The zero-order valence-corrected chi connectivity index (χ0v) is 13.6. The van der Waals surface area contributed by atoms with Crippen molar-refractivity contribution < 1.29 is 23.1 Å². The van der Waals surface area contributed by atoms with Crippen molar-refractivity contribution in [3.05, 3.63) is 22.7 Å². The van der Waals surface area contributed by atoms with Crippen LogP contribution in [-0.4, -0.2) is 44.5 Å². The molecule has 0 aliphatic rings. The molecule has 0 fully saturated rings. The van der Waals surface area contributed by atoms with Crippen LogP contribution in [0.5, 0.6) is 5.75 Å². The highest BCUT2D eigenvalue weighted by molar-refractivity contribution is 9.10. The maximum Gasteiger partial charge on any atom is 0.303 e. The predicted molar refractivity (Wildman–Crippen MR) is 77.4 cm³/mol. The second-order valence-electron chi connectivity index (χ2n) is 4.12. The fraction of sp³-hybridized carbons (Fsp3) is 0.417. The zero-order chi connectivity index (χ0) is 15.3. The SMILES string of the molecule is COc1ccc(S(=O)(=O)N(C)CCCC(=O)O)cc1Br. The van der Waals surface area contributed by atoms with Gasteiger partial charge in [0.2, 0.25) is 10.0 Å². The lowest BCUT2D eigenvalue weighted by Crippen LogP contribution is -2.28. The fourth-order valence-electron chi connectivity index (χ4n) is 1.56. The number of aliphatic carboxylic acids is 1. The third-order valence-electron chi connectivity index (χ3n) is 2.70. The summed E-state index contributed by atoms with van der Waals surface area (Å²) >= 11 is 3.23. The minimum absolute atomic E-state index is 0.0633. The van der Waals surface area contributed by atoms with E-state index in [2.05, 4.69) is 15.9 Å². The van der Waals surface area contributed by atoms with E-state index >= 15 is 0 Å². The van der Waals surface area contributed by atoms with Crippen molar-refractivity contribution in [1.82, 2.24) is 4.31 Å². The number of halogens is 1. The average molecular weight is 366 g/mol. The largest absolute Gasteiger partial charge is 0.496 e. The van der Waals surface area contributed by atoms with Crippen LogP contribution < -0.4 is 4.74 Å². The van der Waals surface area contributed by atoms with Crippen molar-refractivity contribution in [1.29, 1.82) is 0 Å². The van der Waals surface area contributed by atoms with E-state index in [0.717, 1.165) is 4.31 Å². The minimum Gasteiger partial charge on any atom is -0.496 e. The first-order valence-corrected chi connectivity index (χ1v) is 8.04. The van der Waals surface area contributed by atoms with Gasteiger partial charge < -0.3 is 9.84 Å². The molecule has 1 aromatic rings. The third-order valence-corrected chi connectivity index (χ3v) is 5.17. The van der Waals surface area contributed by atoms with Crippen molar-refractivity contribution in [3.63, 3.8) is 0 Å². The number of nitrogens with zero attached hydrogens (tertiary/aromatic N) is 1. The summed E-state index contributed by atoms with van der Waals surface area (Å²) in [4.78, 5) is 10.6. The summed E-state index contributed by atoms with van der Waals surface area (Å²) in [6.45, 7) is 0.151. The highest BCUT2D eigenvalue weighted by Crippen LogP contribution is 2.28. The highest BCUT2D eigenvalue weighted by atomic mass is 79.9. The van der Waals surface area contributed by atoms with Crippen LogP contribution in [0.3, 0.4) is 0 Å². The van der Waals surface area contributed by atoms with Gasteiger partial charge >= 0.3 is 5.97 Å². The number of carboxylic acids is 1. The van der Waals surface area contributed by atoms with Gasteiger partial charge in [0.05, 0.1) is 16.5 Å². The van der Waals surface area contributed by atoms with Crippen LogP contribution in [0, 0.1) is 0 Å². The summed E-state index contributed by atoms with van der Waals surface area (Å²) in [5.41, 5.74) is 0. The summed E-state index contributed by atoms with van der Waals surface area (Å²) in [6, 6.07) is 4.47. The molecule has 0 aromatic heterocycles. The lowest BCUT2D eigenvalue weighted by atomic mass is 10.3. The van der Waals surface area contributed by atoms with Crippen LogP contribution >= 0.6 is 15.9 Å². The Morgan fingerprint density at radius 3 is 2.60 bits per heavy atom. The molecule has 112 valence electrons.